The van der Waals surface area contributed by atoms with E-state index in [1.54, 1.807) is 12.1 Å². The Balaban J connectivity index is 0.000000316. The zero-order valence-corrected chi connectivity index (χ0v) is 19.7. The quantitative estimate of drug-likeness (QED) is 0.459. The summed E-state index contributed by atoms with van der Waals surface area (Å²) in [6.07, 6.45) is 3.45. The van der Waals surface area contributed by atoms with Gasteiger partial charge in [-0.25, -0.2) is 0 Å². The van der Waals surface area contributed by atoms with E-state index in [1.165, 1.54) is 12.8 Å². The van der Waals surface area contributed by atoms with Crippen molar-refractivity contribution < 1.29 is 19.9 Å². The lowest BCUT2D eigenvalue weighted by molar-refractivity contribution is 0.0155. The molecule has 2 aromatic rings. The Hall–Kier alpha value is -1.95. The van der Waals surface area contributed by atoms with E-state index in [9.17, 15) is 19.9 Å². The van der Waals surface area contributed by atoms with Crippen LogP contribution >= 0.6 is 0 Å². The van der Waals surface area contributed by atoms with Crippen molar-refractivity contribution in [3.8, 4) is 11.1 Å². The third kappa shape index (κ3) is 6.77. The van der Waals surface area contributed by atoms with E-state index in [0.29, 0.717) is 11.4 Å². The maximum absolute atomic E-state index is 12.6. The van der Waals surface area contributed by atoms with Crippen molar-refractivity contribution in [2.75, 3.05) is 0 Å². The number of hydrogen-bond acceptors (Lipinski definition) is 4. The Morgan fingerprint density at radius 2 is 1.65 bits per heavy atom. The zero-order valence-electron chi connectivity index (χ0n) is 19.7. The number of aliphatic hydroxyl groups is 1. The Bertz CT molecular complexity index is 862. The fraction of sp³-hybridized carbons (Fsp3) is 0.500. The first-order chi connectivity index (χ1) is 14.5. The number of carbonyl (C=O) groups is 1. The van der Waals surface area contributed by atoms with Gasteiger partial charge in [0.15, 0.2) is 5.78 Å². The molecule has 0 aromatic heterocycles. The second kappa shape index (κ2) is 10.6. The maximum atomic E-state index is 12.6. The van der Waals surface area contributed by atoms with Gasteiger partial charge in [0.05, 0.1) is 5.60 Å². The molecule has 0 amide bonds. The summed E-state index contributed by atoms with van der Waals surface area (Å²) < 4.78 is 0. The van der Waals surface area contributed by atoms with E-state index >= 15 is 0 Å². The van der Waals surface area contributed by atoms with Crippen LogP contribution in [0.25, 0.3) is 11.1 Å². The van der Waals surface area contributed by atoms with Crippen molar-refractivity contribution in [2.24, 2.45) is 17.8 Å². The zero-order chi connectivity index (χ0) is 23.3. The van der Waals surface area contributed by atoms with Gasteiger partial charge in [-0.1, -0.05) is 70.2 Å². The molecule has 5 heteroatoms. The third-order valence-corrected chi connectivity index (χ3v) is 6.27. The lowest BCUT2D eigenvalue weighted by Crippen LogP contribution is -2.29. The van der Waals surface area contributed by atoms with Crippen LogP contribution in [0.15, 0.2) is 42.5 Å². The SMILES string of the molecule is CC(C1CC1)C(C)(C)O.CCc1cccc(-c2ccc(B(O)O)cc2)c1C(=O)C(C)C. The summed E-state index contributed by atoms with van der Waals surface area (Å²) in [5, 5.41) is 27.9. The van der Waals surface area contributed by atoms with E-state index in [2.05, 4.69) is 6.92 Å². The smallest absolute Gasteiger partial charge is 0.423 e. The lowest BCUT2D eigenvalue weighted by atomic mass is 9.79. The van der Waals surface area contributed by atoms with E-state index in [-0.39, 0.29) is 11.7 Å². The van der Waals surface area contributed by atoms with Crippen LogP contribution in [0.3, 0.4) is 0 Å². The highest BCUT2D eigenvalue weighted by atomic mass is 16.4. The summed E-state index contributed by atoms with van der Waals surface area (Å²) in [6, 6.07) is 12.9. The molecule has 1 atom stereocenters. The molecule has 0 saturated heterocycles. The number of carbonyl (C=O) groups excluding carboxylic acids is 1. The average molecular weight is 424 g/mol. The second-order valence-electron chi connectivity index (χ2n) is 9.49. The standard InChI is InChI=1S/C18H21BO3.C8H16O/c1-4-13-6-5-7-16(17(13)18(20)12(2)3)14-8-10-15(11-9-14)19(21)22;1-6(7-4-5-7)8(2,3)9/h5-12,21-22H,4H2,1-3H3;6-7,9H,4-5H2,1-3H3. The first-order valence-corrected chi connectivity index (χ1v) is 11.3. The molecule has 168 valence electrons. The first-order valence-electron chi connectivity index (χ1n) is 11.3. The number of aryl methyl sites for hydroxylation is 1. The molecular weight excluding hydrogens is 387 g/mol. The van der Waals surface area contributed by atoms with E-state index in [0.717, 1.165) is 34.6 Å². The molecule has 0 radical (unpaired) electrons. The van der Waals surface area contributed by atoms with Gasteiger partial charge in [-0.05, 0) is 67.1 Å². The Kier molecular flexibility index (Phi) is 8.64. The minimum atomic E-state index is -1.48. The van der Waals surface area contributed by atoms with Crippen LogP contribution in [-0.2, 0) is 6.42 Å². The van der Waals surface area contributed by atoms with Gasteiger partial charge in [-0.15, -0.1) is 0 Å². The topological polar surface area (TPSA) is 77.8 Å². The summed E-state index contributed by atoms with van der Waals surface area (Å²) in [5.74, 6) is 1.37. The molecule has 4 nitrogen and oxygen atoms in total. The van der Waals surface area contributed by atoms with Gasteiger partial charge in [0.1, 0.15) is 0 Å². The summed E-state index contributed by atoms with van der Waals surface area (Å²) in [4.78, 5) is 12.6. The van der Waals surface area contributed by atoms with Crippen molar-refractivity contribution in [1.82, 2.24) is 0 Å². The summed E-state index contributed by atoms with van der Waals surface area (Å²) in [6.45, 7) is 11.8. The van der Waals surface area contributed by atoms with Crippen LogP contribution in [0.2, 0.25) is 0 Å². The molecular formula is C26H37BO4. The number of rotatable bonds is 7. The molecule has 0 heterocycles. The Morgan fingerprint density at radius 1 is 1.06 bits per heavy atom. The molecule has 2 aromatic carbocycles. The number of Topliss-reactive ketones (excluding diaryl/α,β-unsaturated/α-hetero) is 1. The van der Waals surface area contributed by atoms with E-state index in [4.69, 9.17) is 0 Å². The molecule has 1 saturated carbocycles. The third-order valence-electron chi connectivity index (χ3n) is 6.27. The molecule has 1 aliphatic carbocycles. The van der Waals surface area contributed by atoms with Gasteiger partial charge < -0.3 is 15.2 Å². The highest BCUT2D eigenvalue weighted by Crippen LogP contribution is 2.41. The monoisotopic (exact) mass is 424 g/mol. The fourth-order valence-corrected chi connectivity index (χ4v) is 3.72. The fourth-order valence-electron chi connectivity index (χ4n) is 3.72. The average Bonchev–Trinajstić information content (AvgIpc) is 3.57. The number of hydrogen-bond donors (Lipinski definition) is 3. The molecule has 1 unspecified atom stereocenters. The van der Waals surface area contributed by atoms with E-state index < -0.39 is 12.7 Å². The van der Waals surface area contributed by atoms with Crippen LogP contribution in [0.4, 0.5) is 0 Å². The first kappa shape index (κ1) is 25.3. The van der Waals surface area contributed by atoms with Crippen LogP contribution < -0.4 is 5.46 Å². The van der Waals surface area contributed by atoms with Crippen molar-refractivity contribution in [3.63, 3.8) is 0 Å². The van der Waals surface area contributed by atoms with Crippen LogP contribution in [0.5, 0.6) is 0 Å². The van der Waals surface area contributed by atoms with Gasteiger partial charge in [-0.3, -0.25) is 4.79 Å². The minimum absolute atomic E-state index is 0.0648. The van der Waals surface area contributed by atoms with Crippen molar-refractivity contribution >= 4 is 18.4 Å². The van der Waals surface area contributed by atoms with Crippen molar-refractivity contribution in [3.05, 3.63) is 53.6 Å². The molecule has 31 heavy (non-hydrogen) atoms. The summed E-state index contributed by atoms with van der Waals surface area (Å²) in [5.41, 5.74) is 3.61. The molecule has 1 aliphatic rings. The van der Waals surface area contributed by atoms with Crippen LogP contribution in [0.1, 0.15) is 70.3 Å². The summed E-state index contributed by atoms with van der Waals surface area (Å²) >= 11 is 0. The Labute approximate surface area is 187 Å². The summed E-state index contributed by atoms with van der Waals surface area (Å²) in [7, 11) is -1.48. The second-order valence-corrected chi connectivity index (χ2v) is 9.49. The molecule has 0 aliphatic heterocycles. The molecule has 0 bridgehead atoms. The predicted molar refractivity (Wildman–Crippen MR) is 128 cm³/mol. The van der Waals surface area contributed by atoms with Crippen molar-refractivity contribution in [2.45, 2.75) is 66.4 Å². The highest BCUT2D eigenvalue weighted by Gasteiger charge is 2.36. The molecule has 0 spiro atoms. The van der Waals surface area contributed by atoms with Gasteiger partial charge in [0, 0.05) is 11.5 Å². The number of ketones is 1. The normalized spacial score (nSPS) is 14.6. The Morgan fingerprint density at radius 3 is 2.03 bits per heavy atom. The van der Waals surface area contributed by atoms with Gasteiger partial charge >= 0.3 is 7.12 Å². The largest absolute Gasteiger partial charge is 0.488 e. The number of benzene rings is 2. The molecule has 1 fully saturated rings. The van der Waals surface area contributed by atoms with Gasteiger partial charge in [-0.2, -0.15) is 0 Å². The van der Waals surface area contributed by atoms with Crippen molar-refractivity contribution in [1.29, 1.82) is 0 Å². The minimum Gasteiger partial charge on any atom is -0.423 e. The molecule has 3 N–H and O–H groups in total. The van der Waals surface area contributed by atoms with Crippen LogP contribution in [0, 0.1) is 17.8 Å². The lowest BCUT2D eigenvalue weighted by Gasteiger charge is -2.25. The predicted octanol–water partition coefficient (Wildman–Crippen LogP) is 4.24. The van der Waals surface area contributed by atoms with E-state index in [1.807, 2.05) is 65.0 Å². The van der Waals surface area contributed by atoms with Crippen LogP contribution in [-0.4, -0.2) is 33.7 Å². The van der Waals surface area contributed by atoms with Gasteiger partial charge in [0.25, 0.3) is 0 Å². The highest BCUT2D eigenvalue weighted by molar-refractivity contribution is 6.58. The van der Waals surface area contributed by atoms with Gasteiger partial charge in [0.2, 0.25) is 0 Å². The molecule has 3 rings (SSSR count). The maximum Gasteiger partial charge on any atom is 0.488 e.